The third-order valence-electron chi connectivity index (χ3n) is 9.00. The number of rotatable bonds is 4. The number of hydrogen-bond acceptors (Lipinski definition) is 6. The van der Waals surface area contributed by atoms with E-state index in [0.29, 0.717) is 22.6 Å². The van der Waals surface area contributed by atoms with E-state index in [9.17, 15) is 13.2 Å². The van der Waals surface area contributed by atoms with Gasteiger partial charge in [-0.3, -0.25) is 4.79 Å². The van der Waals surface area contributed by atoms with Crippen molar-refractivity contribution in [1.82, 2.24) is 14.9 Å². The molecule has 1 aromatic heterocycles. The summed E-state index contributed by atoms with van der Waals surface area (Å²) in [5.74, 6) is 0.376. The number of anilines is 1. The van der Waals surface area contributed by atoms with Crippen molar-refractivity contribution < 1.29 is 17.9 Å². The Balaban J connectivity index is 1.47. The topological polar surface area (TPSA) is 101 Å². The second-order valence-corrected chi connectivity index (χ2v) is 14.2. The average Bonchev–Trinajstić information content (AvgIpc) is 2.86. The molecule has 41 heavy (non-hydrogen) atoms. The Morgan fingerprint density at radius 3 is 2.41 bits per heavy atom. The van der Waals surface area contributed by atoms with Crippen LogP contribution >= 0.6 is 0 Å². The lowest BCUT2D eigenvalue weighted by atomic mass is 9.53. The fraction of sp³-hybridized carbons (Fsp3) is 0.469. The predicted octanol–water partition coefficient (Wildman–Crippen LogP) is 6.14. The number of aromatic nitrogens is 2. The summed E-state index contributed by atoms with van der Waals surface area (Å²) in [6.45, 7) is 8.55. The van der Waals surface area contributed by atoms with Crippen LogP contribution < -0.4 is 9.46 Å². The van der Waals surface area contributed by atoms with Gasteiger partial charge in [0.05, 0.1) is 16.6 Å². The normalized spacial score (nSPS) is 21.5. The van der Waals surface area contributed by atoms with Gasteiger partial charge >= 0.3 is 0 Å². The molecule has 2 aliphatic carbocycles. The van der Waals surface area contributed by atoms with E-state index in [0.717, 1.165) is 36.0 Å². The number of aryl methyl sites for hydroxylation is 2. The molecule has 1 aliphatic heterocycles. The summed E-state index contributed by atoms with van der Waals surface area (Å²) in [7, 11) is -4.08. The maximum Gasteiger partial charge on any atom is 0.264 e. The van der Waals surface area contributed by atoms with Gasteiger partial charge in [-0.15, -0.1) is 0 Å². The third kappa shape index (κ3) is 5.32. The van der Waals surface area contributed by atoms with Gasteiger partial charge in [0.2, 0.25) is 11.8 Å². The van der Waals surface area contributed by atoms with E-state index in [1.807, 2.05) is 36.9 Å². The SMILES string of the molecule is Cc1cccc(C)c1-c1cc2nc(n1)NS(=O)(=O)c1cccc(c1)C(=O)N(C1CC3(CCC3)C1)[C@H](CC(C)C)CO2. The molecule has 1 N–H and O–H groups in total. The number of ether oxygens (including phenoxy) is 1. The highest BCUT2D eigenvalue weighted by Gasteiger charge is 2.52. The molecule has 1 amide bonds. The summed E-state index contributed by atoms with van der Waals surface area (Å²) in [5, 5.41) is 0. The van der Waals surface area contributed by atoms with Crippen molar-refractivity contribution in [3.63, 3.8) is 0 Å². The zero-order valence-corrected chi connectivity index (χ0v) is 25.0. The molecule has 216 valence electrons. The van der Waals surface area contributed by atoms with Crippen LogP contribution in [-0.2, 0) is 10.0 Å². The van der Waals surface area contributed by atoms with E-state index >= 15 is 0 Å². The summed E-state index contributed by atoms with van der Waals surface area (Å²) in [6, 6.07) is 13.9. The Morgan fingerprint density at radius 2 is 1.76 bits per heavy atom. The molecular weight excluding hydrogens is 536 g/mol. The Labute approximate surface area is 242 Å². The Kier molecular flexibility index (Phi) is 7.04. The quantitative estimate of drug-likeness (QED) is 0.402. The smallest absolute Gasteiger partial charge is 0.264 e. The van der Waals surface area contributed by atoms with Gasteiger partial charge in [0.1, 0.15) is 6.61 Å². The van der Waals surface area contributed by atoms with Gasteiger partial charge in [-0.1, -0.05) is 44.5 Å². The Bertz CT molecular complexity index is 1570. The lowest BCUT2D eigenvalue weighted by Gasteiger charge is -2.58. The minimum Gasteiger partial charge on any atom is -0.475 e. The first-order valence-electron chi connectivity index (χ1n) is 14.6. The van der Waals surface area contributed by atoms with Crippen molar-refractivity contribution in [3.8, 4) is 17.1 Å². The van der Waals surface area contributed by atoms with Crippen molar-refractivity contribution >= 4 is 21.9 Å². The van der Waals surface area contributed by atoms with Crippen molar-refractivity contribution in [2.24, 2.45) is 11.3 Å². The van der Waals surface area contributed by atoms with Crippen LogP contribution in [0.15, 0.2) is 53.4 Å². The number of hydrogen-bond donors (Lipinski definition) is 1. The minimum atomic E-state index is -4.08. The van der Waals surface area contributed by atoms with Gasteiger partial charge in [-0.25, -0.2) is 18.1 Å². The van der Waals surface area contributed by atoms with Crippen LogP contribution in [0.25, 0.3) is 11.3 Å². The highest BCUT2D eigenvalue weighted by Crippen LogP contribution is 2.57. The van der Waals surface area contributed by atoms with E-state index in [2.05, 4.69) is 28.5 Å². The number of benzene rings is 2. The second kappa shape index (κ2) is 10.4. The zero-order chi connectivity index (χ0) is 28.9. The summed E-state index contributed by atoms with van der Waals surface area (Å²) in [4.78, 5) is 25.3. The molecule has 2 saturated carbocycles. The van der Waals surface area contributed by atoms with Gasteiger partial charge in [0, 0.05) is 23.2 Å². The van der Waals surface area contributed by atoms with E-state index in [-0.39, 0.29) is 41.3 Å². The molecule has 2 aromatic carbocycles. The molecular formula is C32H38N4O4S. The fourth-order valence-corrected chi connectivity index (χ4v) is 7.84. The van der Waals surface area contributed by atoms with Crippen LogP contribution in [0.1, 0.15) is 73.9 Å². The number of carbonyl (C=O) groups is 1. The van der Waals surface area contributed by atoms with Crippen LogP contribution in [0, 0.1) is 25.2 Å². The van der Waals surface area contributed by atoms with Crippen LogP contribution in [-0.4, -0.2) is 47.9 Å². The summed E-state index contributed by atoms with van der Waals surface area (Å²) >= 11 is 0. The van der Waals surface area contributed by atoms with E-state index in [1.165, 1.54) is 31.4 Å². The molecule has 3 aromatic rings. The monoisotopic (exact) mass is 574 g/mol. The highest BCUT2D eigenvalue weighted by atomic mass is 32.2. The third-order valence-corrected chi connectivity index (χ3v) is 10.3. The molecule has 0 saturated heterocycles. The standard InChI is InChI=1S/C32H38N4O4S/c1-20(2)14-24-19-40-28-16-27(29-21(3)8-5-9-22(29)4)33-31(34-28)35-41(38,39)26-11-6-10-23(15-26)30(37)36(24)25-17-32(18-25)12-7-13-32/h5-6,8-11,15-16,20,24-25H,7,12-14,17-19H2,1-4H3,(H,33,34,35)/t24-/m1/s1. The van der Waals surface area contributed by atoms with Crippen LogP contribution in [0.3, 0.4) is 0 Å². The molecule has 2 heterocycles. The van der Waals surface area contributed by atoms with Crippen LogP contribution in [0.5, 0.6) is 5.88 Å². The second-order valence-electron chi connectivity index (χ2n) is 12.5. The molecule has 3 aliphatic rings. The van der Waals surface area contributed by atoms with E-state index < -0.39 is 10.0 Å². The maximum absolute atomic E-state index is 14.2. The molecule has 4 bridgehead atoms. The molecule has 8 nitrogen and oxygen atoms in total. The maximum atomic E-state index is 14.2. The first-order chi connectivity index (χ1) is 19.5. The molecule has 1 spiro atoms. The van der Waals surface area contributed by atoms with Crippen LogP contribution in [0.2, 0.25) is 0 Å². The first kappa shape index (κ1) is 27.7. The summed E-state index contributed by atoms with van der Waals surface area (Å²) < 4.78 is 36.0. The highest BCUT2D eigenvalue weighted by molar-refractivity contribution is 7.92. The van der Waals surface area contributed by atoms with Crippen molar-refractivity contribution in [2.75, 3.05) is 11.3 Å². The van der Waals surface area contributed by atoms with Crippen molar-refractivity contribution in [2.45, 2.75) is 83.2 Å². The molecule has 0 radical (unpaired) electrons. The fourth-order valence-electron chi connectivity index (χ4n) is 6.85. The minimum absolute atomic E-state index is 0.00410. The summed E-state index contributed by atoms with van der Waals surface area (Å²) in [6.07, 6.45) is 6.43. The van der Waals surface area contributed by atoms with Gasteiger partial charge in [-0.2, -0.15) is 4.98 Å². The predicted molar refractivity (Wildman–Crippen MR) is 158 cm³/mol. The number of carbonyl (C=O) groups excluding carboxylic acids is 1. The van der Waals surface area contributed by atoms with E-state index in [1.54, 1.807) is 18.2 Å². The molecule has 6 rings (SSSR count). The zero-order valence-electron chi connectivity index (χ0n) is 24.2. The number of nitrogens with zero attached hydrogens (tertiary/aromatic N) is 3. The van der Waals surface area contributed by atoms with Crippen molar-refractivity contribution in [1.29, 1.82) is 0 Å². The van der Waals surface area contributed by atoms with E-state index in [4.69, 9.17) is 4.74 Å². The molecule has 0 unspecified atom stereocenters. The first-order valence-corrected chi connectivity index (χ1v) is 16.1. The van der Waals surface area contributed by atoms with Gasteiger partial charge in [0.25, 0.3) is 15.9 Å². The van der Waals surface area contributed by atoms with Gasteiger partial charge in [0.15, 0.2) is 0 Å². The van der Waals surface area contributed by atoms with Crippen molar-refractivity contribution in [3.05, 3.63) is 65.2 Å². The Morgan fingerprint density at radius 1 is 1.05 bits per heavy atom. The Hall–Kier alpha value is -3.46. The lowest BCUT2D eigenvalue weighted by molar-refractivity contribution is -0.0632. The largest absolute Gasteiger partial charge is 0.475 e. The molecule has 1 atom stereocenters. The lowest BCUT2D eigenvalue weighted by Crippen LogP contribution is -2.59. The van der Waals surface area contributed by atoms with Gasteiger partial charge in [-0.05, 0) is 86.6 Å². The number of nitrogens with one attached hydrogen (secondary N) is 1. The summed E-state index contributed by atoms with van der Waals surface area (Å²) in [5.41, 5.74) is 4.23. The molecule has 2 fully saturated rings. The average molecular weight is 575 g/mol. The number of sulfonamides is 1. The number of fused-ring (bicyclic) bond motifs is 4. The molecule has 9 heteroatoms. The van der Waals surface area contributed by atoms with Gasteiger partial charge < -0.3 is 9.64 Å². The number of amides is 1. The van der Waals surface area contributed by atoms with Crippen LogP contribution in [0.4, 0.5) is 5.95 Å².